The average molecular weight is 226 g/mol. The van der Waals surface area contributed by atoms with Crippen LogP contribution in [0, 0.1) is 0 Å². The van der Waals surface area contributed by atoms with E-state index in [4.69, 9.17) is 10.5 Å². The lowest BCUT2D eigenvalue weighted by Crippen LogP contribution is -2.49. The van der Waals surface area contributed by atoms with E-state index >= 15 is 0 Å². The van der Waals surface area contributed by atoms with Gasteiger partial charge >= 0.3 is 6.09 Å². The highest BCUT2D eigenvalue weighted by atomic mass is 16.6. The monoisotopic (exact) mass is 226 g/mol. The summed E-state index contributed by atoms with van der Waals surface area (Å²) < 4.78 is 5.44. The first-order valence-corrected chi connectivity index (χ1v) is 6.15. The minimum atomic E-state index is -0.419. The van der Waals surface area contributed by atoms with Gasteiger partial charge in [0.2, 0.25) is 0 Å². The predicted octanol–water partition coefficient (Wildman–Crippen LogP) is 1.88. The molecule has 2 heterocycles. The number of hydrogen-bond donors (Lipinski definition) is 1. The Kier molecular flexibility index (Phi) is 2.86. The van der Waals surface area contributed by atoms with Crippen LogP contribution in [0.2, 0.25) is 0 Å². The number of fused-ring (bicyclic) bond motifs is 2. The Morgan fingerprint density at radius 1 is 1.38 bits per heavy atom. The number of hydrogen-bond acceptors (Lipinski definition) is 3. The van der Waals surface area contributed by atoms with Gasteiger partial charge in [-0.2, -0.15) is 0 Å². The van der Waals surface area contributed by atoms with Crippen LogP contribution in [0.1, 0.15) is 46.5 Å². The fourth-order valence-electron chi connectivity index (χ4n) is 2.83. The van der Waals surface area contributed by atoms with Crippen LogP contribution in [0.5, 0.6) is 0 Å². The zero-order chi connectivity index (χ0) is 11.9. The van der Waals surface area contributed by atoms with E-state index in [0.717, 1.165) is 19.3 Å². The lowest BCUT2D eigenvalue weighted by atomic mass is 10.0. The predicted molar refractivity (Wildman–Crippen MR) is 62.1 cm³/mol. The Morgan fingerprint density at radius 2 is 2.06 bits per heavy atom. The molecule has 2 fully saturated rings. The van der Waals surface area contributed by atoms with Crippen molar-refractivity contribution in [3.8, 4) is 0 Å². The normalized spacial score (nSPS) is 34.0. The number of amides is 1. The number of carbonyl (C=O) groups is 1. The van der Waals surface area contributed by atoms with Gasteiger partial charge < -0.3 is 15.4 Å². The highest BCUT2D eigenvalue weighted by Crippen LogP contribution is 2.35. The summed E-state index contributed by atoms with van der Waals surface area (Å²) >= 11 is 0. The van der Waals surface area contributed by atoms with Crippen LogP contribution < -0.4 is 5.73 Å². The Labute approximate surface area is 97.1 Å². The van der Waals surface area contributed by atoms with Crippen molar-refractivity contribution < 1.29 is 9.53 Å². The molecule has 2 bridgehead atoms. The van der Waals surface area contributed by atoms with Crippen LogP contribution in [-0.2, 0) is 4.74 Å². The first kappa shape index (κ1) is 11.7. The van der Waals surface area contributed by atoms with E-state index in [2.05, 4.69) is 0 Å². The van der Waals surface area contributed by atoms with Gasteiger partial charge in [0.1, 0.15) is 5.60 Å². The molecule has 2 N–H and O–H groups in total. The molecular weight excluding hydrogens is 204 g/mol. The Morgan fingerprint density at radius 3 is 2.62 bits per heavy atom. The fourth-order valence-corrected chi connectivity index (χ4v) is 2.83. The average Bonchev–Trinajstić information content (AvgIpc) is 2.31. The van der Waals surface area contributed by atoms with Gasteiger partial charge in [0.25, 0.3) is 0 Å². The standard InChI is InChI=1S/C12H22N2O2/c1-12(2,3)16-11(15)14-8-5-4-6-10(14)9(13)7-8/h8-10H,4-7,13H2,1-3H3/t8-,9+,10+/m0/s1. The van der Waals surface area contributed by atoms with Crippen molar-refractivity contribution in [3.63, 3.8) is 0 Å². The van der Waals surface area contributed by atoms with E-state index in [-0.39, 0.29) is 18.2 Å². The van der Waals surface area contributed by atoms with E-state index < -0.39 is 5.60 Å². The number of rotatable bonds is 0. The second-order valence-electron chi connectivity index (χ2n) is 5.94. The fraction of sp³-hybridized carbons (Fsp3) is 0.917. The summed E-state index contributed by atoms with van der Waals surface area (Å²) in [6.07, 6.45) is 4.03. The summed E-state index contributed by atoms with van der Waals surface area (Å²) in [5.41, 5.74) is 5.64. The third kappa shape index (κ3) is 2.17. The van der Waals surface area contributed by atoms with Gasteiger partial charge in [-0.3, -0.25) is 0 Å². The lowest BCUT2D eigenvalue weighted by molar-refractivity contribution is 0.00716. The molecule has 1 amide bonds. The SMILES string of the molecule is CC(C)(C)OC(=O)N1[C@H]2CCC[C@@H]1[C@H](N)C2. The van der Waals surface area contributed by atoms with E-state index in [1.165, 1.54) is 6.42 Å². The molecule has 92 valence electrons. The van der Waals surface area contributed by atoms with Crippen molar-refractivity contribution in [2.75, 3.05) is 0 Å². The lowest BCUT2D eigenvalue weighted by Gasteiger charge is -2.36. The molecule has 2 rings (SSSR count). The van der Waals surface area contributed by atoms with Crippen LogP contribution in [0.25, 0.3) is 0 Å². The maximum absolute atomic E-state index is 12.1. The highest BCUT2D eigenvalue weighted by molar-refractivity contribution is 5.70. The number of carbonyl (C=O) groups excluding carboxylic acids is 1. The molecule has 2 aliphatic rings. The minimum absolute atomic E-state index is 0.139. The van der Waals surface area contributed by atoms with Crippen LogP contribution in [0.3, 0.4) is 0 Å². The summed E-state index contributed by atoms with van der Waals surface area (Å²) in [5.74, 6) is 0. The van der Waals surface area contributed by atoms with Crippen molar-refractivity contribution in [2.45, 2.75) is 70.2 Å². The van der Waals surface area contributed by atoms with Crippen molar-refractivity contribution in [1.29, 1.82) is 0 Å². The number of nitrogens with zero attached hydrogens (tertiary/aromatic N) is 1. The topological polar surface area (TPSA) is 55.6 Å². The first-order valence-electron chi connectivity index (χ1n) is 6.15. The molecule has 4 nitrogen and oxygen atoms in total. The first-order chi connectivity index (χ1) is 7.38. The molecule has 4 heteroatoms. The largest absolute Gasteiger partial charge is 0.444 e. The van der Waals surface area contributed by atoms with Crippen LogP contribution in [0.15, 0.2) is 0 Å². The van der Waals surface area contributed by atoms with Gasteiger partial charge in [-0.05, 0) is 46.5 Å². The summed E-state index contributed by atoms with van der Waals surface area (Å²) in [4.78, 5) is 14.0. The smallest absolute Gasteiger partial charge is 0.410 e. The summed E-state index contributed by atoms with van der Waals surface area (Å²) in [7, 11) is 0. The van der Waals surface area contributed by atoms with Gasteiger partial charge in [-0.1, -0.05) is 0 Å². The Balaban J connectivity index is 2.07. The Hall–Kier alpha value is -0.770. The zero-order valence-corrected chi connectivity index (χ0v) is 10.4. The second kappa shape index (κ2) is 3.91. The minimum Gasteiger partial charge on any atom is -0.444 e. The highest BCUT2D eigenvalue weighted by Gasteiger charge is 2.45. The van der Waals surface area contributed by atoms with E-state index in [1.54, 1.807) is 0 Å². The van der Waals surface area contributed by atoms with E-state index in [1.807, 2.05) is 25.7 Å². The molecule has 0 radical (unpaired) electrons. The second-order valence-corrected chi connectivity index (χ2v) is 5.94. The van der Waals surface area contributed by atoms with E-state index in [0.29, 0.717) is 6.04 Å². The molecule has 2 aliphatic heterocycles. The molecule has 16 heavy (non-hydrogen) atoms. The Bertz CT molecular complexity index is 285. The van der Waals surface area contributed by atoms with Crippen molar-refractivity contribution in [2.24, 2.45) is 5.73 Å². The van der Waals surface area contributed by atoms with Gasteiger partial charge in [0, 0.05) is 12.1 Å². The van der Waals surface area contributed by atoms with Crippen LogP contribution >= 0.6 is 0 Å². The molecule has 0 aromatic heterocycles. The summed E-state index contributed by atoms with van der Waals surface area (Å²) in [5, 5.41) is 0. The third-order valence-electron chi connectivity index (χ3n) is 3.43. The van der Waals surface area contributed by atoms with Gasteiger partial charge in [0.05, 0.1) is 6.04 Å². The molecule has 2 saturated heterocycles. The molecule has 0 aliphatic carbocycles. The quantitative estimate of drug-likeness (QED) is 0.686. The van der Waals surface area contributed by atoms with E-state index in [9.17, 15) is 4.79 Å². The third-order valence-corrected chi connectivity index (χ3v) is 3.43. The number of ether oxygens (including phenoxy) is 1. The number of nitrogens with two attached hydrogens (primary N) is 1. The van der Waals surface area contributed by atoms with Gasteiger partial charge in [-0.15, -0.1) is 0 Å². The van der Waals surface area contributed by atoms with Crippen molar-refractivity contribution in [1.82, 2.24) is 4.90 Å². The van der Waals surface area contributed by atoms with Crippen molar-refractivity contribution in [3.05, 3.63) is 0 Å². The zero-order valence-electron chi connectivity index (χ0n) is 10.4. The van der Waals surface area contributed by atoms with Gasteiger partial charge in [0.15, 0.2) is 0 Å². The summed E-state index contributed by atoms with van der Waals surface area (Å²) in [6.45, 7) is 5.70. The number of piperidine rings is 1. The maximum Gasteiger partial charge on any atom is 0.410 e. The molecular formula is C12H22N2O2. The molecule has 0 saturated carbocycles. The van der Waals surface area contributed by atoms with Crippen LogP contribution in [-0.4, -0.2) is 34.7 Å². The molecule has 0 aromatic rings. The van der Waals surface area contributed by atoms with Crippen LogP contribution in [0.4, 0.5) is 4.79 Å². The molecule has 0 aromatic carbocycles. The maximum atomic E-state index is 12.1. The molecule has 0 spiro atoms. The van der Waals surface area contributed by atoms with Crippen molar-refractivity contribution >= 4 is 6.09 Å². The summed E-state index contributed by atoms with van der Waals surface area (Å²) in [6, 6.07) is 0.650. The molecule has 3 atom stereocenters. The molecule has 0 unspecified atom stereocenters. The van der Waals surface area contributed by atoms with Gasteiger partial charge in [-0.25, -0.2) is 4.79 Å².